The van der Waals surface area contributed by atoms with Gasteiger partial charge in [-0.1, -0.05) is 18.5 Å². The third kappa shape index (κ3) is 5.17. The standard InChI is InChI=1S/C25H33ClN6O2S/c1-6-19-22(28-20-14-31(15-21(20)34-8-3)25-27-11-12-35-25)24(33)32(7-2)23(29-19)17-10-9-16(30(4)5)13-18(17)26/h9-13,20-21,28H,6-8,14-15H2,1-5H3/t20?,21-/m0/s1. The molecule has 2 aromatic heterocycles. The number of halogens is 1. The summed E-state index contributed by atoms with van der Waals surface area (Å²) in [5, 5.41) is 7.03. The average molecular weight is 517 g/mol. The Morgan fingerprint density at radius 1 is 1.26 bits per heavy atom. The van der Waals surface area contributed by atoms with Crippen LogP contribution >= 0.6 is 22.9 Å². The van der Waals surface area contributed by atoms with Crippen LogP contribution in [0.2, 0.25) is 5.02 Å². The molecule has 3 aromatic rings. The first-order chi connectivity index (χ1) is 16.9. The van der Waals surface area contributed by atoms with Crippen LogP contribution in [-0.2, 0) is 17.7 Å². The lowest BCUT2D eigenvalue weighted by Gasteiger charge is -2.23. The van der Waals surface area contributed by atoms with E-state index in [1.807, 2.05) is 69.5 Å². The molecule has 1 aromatic carbocycles. The number of nitrogens with one attached hydrogen (secondary N) is 1. The van der Waals surface area contributed by atoms with E-state index in [1.54, 1.807) is 15.9 Å². The summed E-state index contributed by atoms with van der Waals surface area (Å²) in [4.78, 5) is 27.4. The molecule has 0 amide bonds. The van der Waals surface area contributed by atoms with Gasteiger partial charge in [0, 0.05) is 63.2 Å². The van der Waals surface area contributed by atoms with E-state index in [4.69, 9.17) is 21.3 Å². The number of aromatic nitrogens is 3. The van der Waals surface area contributed by atoms with Crippen molar-refractivity contribution >= 4 is 39.4 Å². The normalized spacial score (nSPS) is 17.7. The molecule has 1 aliphatic heterocycles. The molecule has 0 radical (unpaired) electrons. The predicted octanol–water partition coefficient (Wildman–Crippen LogP) is 4.37. The van der Waals surface area contributed by atoms with Crippen molar-refractivity contribution in [2.45, 2.75) is 45.9 Å². The molecule has 2 atom stereocenters. The molecule has 1 unspecified atom stereocenters. The Hall–Kier alpha value is -2.62. The van der Waals surface area contributed by atoms with Crippen molar-refractivity contribution in [3.63, 3.8) is 0 Å². The van der Waals surface area contributed by atoms with Gasteiger partial charge < -0.3 is 19.9 Å². The fraction of sp³-hybridized carbons (Fsp3) is 0.480. The fourth-order valence-electron chi connectivity index (χ4n) is 4.47. The summed E-state index contributed by atoms with van der Waals surface area (Å²) in [6, 6.07) is 5.77. The summed E-state index contributed by atoms with van der Waals surface area (Å²) in [6.07, 6.45) is 2.37. The minimum Gasteiger partial charge on any atom is -0.378 e. The van der Waals surface area contributed by atoms with Crippen molar-refractivity contribution in [3.05, 3.63) is 50.8 Å². The van der Waals surface area contributed by atoms with Crippen LogP contribution in [-0.4, -0.2) is 60.5 Å². The van der Waals surface area contributed by atoms with Crippen molar-refractivity contribution in [2.24, 2.45) is 0 Å². The molecule has 10 heteroatoms. The van der Waals surface area contributed by atoms with Gasteiger partial charge >= 0.3 is 0 Å². The summed E-state index contributed by atoms with van der Waals surface area (Å²) < 4.78 is 7.74. The van der Waals surface area contributed by atoms with Gasteiger partial charge in [-0.3, -0.25) is 9.36 Å². The molecular formula is C25H33ClN6O2S. The van der Waals surface area contributed by atoms with Gasteiger partial charge in [-0.25, -0.2) is 9.97 Å². The number of hydrogen-bond acceptors (Lipinski definition) is 8. The number of rotatable bonds is 9. The van der Waals surface area contributed by atoms with Crippen molar-refractivity contribution in [1.29, 1.82) is 0 Å². The second kappa shape index (κ2) is 11.0. The minimum absolute atomic E-state index is 0.0576. The van der Waals surface area contributed by atoms with Crippen LogP contribution < -0.4 is 20.7 Å². The van der Waals surface area contributed by atoms with Crippen LogP contribution in [0.3, 0.4) is 0 Å². The zero-order chi connectivity index (χ0) is 25.1. The van der Waals surface area contributed by atoms with Crippen LogP contribution in [0.25, 0.3) is 11.4 Å². The van der Waals surface area contributed by atoms with Crippen LogP contribution in [0.4, 0.5) is 16.5 Å². The molecule has 8 nitrogen and oxygen atoms in total. The maximum Gasteiger partial charge on any atom is 0.277 e. The van der Waals surface area contributed by atoms with E-state index in [2.05, 4.69) is 15.2 Å². The SMILES string of the molecule is CCO[C@H]1CN(c2nccs2)CC1Nc1c(CC)nc(-c2ccc(N(C)C)cc2Cl)n(CC)c1=O. The number of benzene rings is 1. The summed E-state index contributed by atoms with van der Waals surface area (Å²) in [7, 11) is 3.94. The molecule has 1 fully saturated rings. The quantitative estimate of drug-likeness (QED) is 0.452. The number of hydrogen-bond donors (Lipinski definition) is 1. The molecule has 1 aliphatic rings. The smallest absolute Gasteiger partial charge is 0.277 e. The van der Waals surface area contributed by atoms with Gasteiger partial charge in [0.15, 0.2) is 5.13 Å². The highest BCUT2D eigenvalue weighted by atomic mass is 35.5. The lowest BCUT2D eigenvalue weighted by molar-refractivity contribution is 0.0720. The highest BCUT2D eigenvalue weighted by molar-refractivity contribution is 7.13. The third-order valence-electron chi connectivity index (χ3n) is 6.27. The predicted molar refractivity (Wildman–Crippen MR) is 145 cm³/mol. The van der Waals surface area contributed by atoms with Gasteiger partial charge in [0.1, 0.15) is 11.5 Å². The van der Waals surface area contributed by atoms with Crippen LogP contribution in [0.1, 0.15) is 26.5 Å². The van der Waals surface area contributed by atoms with Crippen LogP contribution in [0.5, 0.6) is 0 Å². The minimum atomic E-state index is -0.0925. The molecule has 3 heterocycles. The fourth-order valence-corrected chi connectivity index (χ4v) is 5.39. The second-order valence-electron chi connectivity index (χ2n) is 8.68. The molecule has 0 saturated carbocycles. The summed E-state index contributed by atoms with van der Waals surface area (Å²) >= 11 is 8.26. The maximum atomic E-state index is 13.8. The molecule has 1 N–H and O–H groups in total. The Bertz CT molecular complexity index is 1210. The first kappa shape index (κ1) is 25.5. The van der Waals surface area contributed by atoms with Gasteiger partial charge in [0.25, 0.3) is 5.56 Å². The highest BCUT2D eigenvalue weighted by Crippen LogP contribution is 2.31. The zero-order valence-electron chi connectivity index (χ0n) is 20.9. The largest absolute Gasteiger partial charge is 0.378 e. The molecule has 0 bridgehead atoms. The van der Waals surface area contributed by atoms with Crippen molar-refractivity contribution in [2.75, 3.05) is 48.9 Å². The van der Waals surface area contributed by atoms with Gasteiger partial charge in [0.05, 0.1) is 22.9 Å². The Kier molecular flexibility index (Phi) is 7.98. The van der Waals surface area contributed by atoms with Gasteiger partial charge in [-0.05, 0) is 38.5 Å². The lowest BCUT2D eigenvalue weighted by atomic mass is 10.1. The molecule has 4 rings (SSSR count). The monoisotopic (exact) mass is 516 g/mol. The van der Waals surface area contributed by atoms with E-state index in [0.29, 0.717) is 42.7 Å². The molecule has 0 aliphatic carbocycles. The first-order valence-electron chi connectivity index (χ1n) is 12.0. The summed E-state index contributed by atoms with van der Waals surface area (Å²) in [6.45, 7) is 8.47. The van der Waals surface area contributed by atoms with Gasteiger partial charge in [0.2, 0.25) is 0 Å². The number of anilines is 3. The van der Waals surface area contributed by atoms with Crippen molar-refractivity contribution in [3.8, 4) is 11.4 Å². The molecular weight excluding hydrogens is 484 g/mol. The van der Waals surface area contributed by atoms with E-state index in [-0.39, 0.29) is 17.7 Å². The Morgan fingerprint density at radius 3 is 2.66 bits per heavy atom. The number of ether oxygens (including phenoxy) is 1. The van der Waals surface area contributed by atoms with Crippen LogP contribution in [0.15, 0.2) is 34.6 Å². The summed E-state index contributed by atoms with van der Waals surface area (Å²) in [5.41, 5.74) is 2.91. The van der Waals surface area contributed by atoms with E-state index < -0.39 is 0 Å². The highest BCUT2D eigenvalue weighted by Gasteiger charge is 2.35. The molecule has 1 saturated heterocycles. The van der Waals surface area contributed by atoms with E-state index in [9.17, 15) is 4.79 Å². The third-order valence-corrected chi connectivity index (χ3v) is 7.42. The lowest BCUT2D eigenvalue weighted by Crippen LogP contribution is -2.38. The number of aryl methyl sites for hydroxylation is 1. The molecule has 0 spiro atoms. The zero-order valence-corrected chi connectivity index (χ0v) is 22.5. The molecule has 188 valence electrons. The maximum absolute atomic E-state index is 13.8. The van der Waals surface area contributed by atoms with Gasteiger partial charge in [-0.2, -0.15) is 0 Å². The van der Waals surface area contributed by atoms with Gasteiger partial charge in [-0.15, -0.1) is 11.3 Å². The Balaban J connectivity index is 1.72. The topological polar surface area (TPSA) is 75.5 Å². The van der Waals surface area contributed by atoms with E-state index >= 15 is 0 Å². The van der Waals surface area contributed by atoms with Crippen molar-refractivity contribution in [1.82, 2.24) is 14.5 Å². The second-order valence-corrected chi connectivity index (χ2v) is 9.96. The Morgan fingerprint density at radius 2 is 2.06 bits per heavy atom. The number of thiazole rings is 1. The van der Waals surface area contributed by atoms with Crippen molar-refractivity contribution < 1.29 is 4.74 Å². The average Bonchev–Trinajstić information content (AvgIpc) is 3.51. The van der Waals surface area contributed by atoms with Crippen LogP contribution in [0, 0.1) is 0 Å². The molecule has 35 heavy (non-hydrogen) atoms. The Labute approximate surface area is 215 Å². The van der Waals surface area contributed by atoms with E-state index in [1.165, 1.54) is 0 Å². The van der Waals surface area contributed by atoms with E-state index in [0.717, 1.165) is 28.6 Å². The number of nitrogens with zero attached hydrogens (tertiary/aromatic N) is 5. The summed E-state index contributed by atoms with van der Waals surface area (Å²) in [5.74, 6) is 0.590. The first-order valence-corrected chi connectivity index (χ1v) is 13.3.